The van der Waals surface area contributed by atoms with Gasteiger partial charge in [-0.1, -0.05) is 56.3 Å². The molecule has 35 heavy (non-hydrogen) atoms. The van der Waals surface area contributed by atoms with Crippen LogP contribution in [0.2, 0.25) is 0 Å². The van der Waals surface area contributed by atoms with Gasteiger partial charge in [0.05, 0.1) is 9.40 Å². The first-order valence-corrected chi connectivity index (χ1v) is 13.8. The Morgan fingerprint density at radius 3 is 1.46 bits per heavy atom. The summed E-state index contributed by atoms with van der Waals surface area (Å²) in [7, 11) is 0. The monoisotopic (exact) mass is 482 g/mol. The van der Waals surface area contributed by atoms with Crippen molar-refractivity contribution in [2.24, 2.45) is 0 Å². The van der Waals surface area contributed by atoms with E-state index in [-0.39, 0.29) is 0 Å². The average molecular weight is 483 g/mol. The quantitative estimate of drug-likeness (QED) is 0.204. The highest BCUT2D eigenvalue weighted by Gasteiger charge is 2.14. The van der Waals surface area contributed by atoms with E-state index in [1.807, 2.05) is 22.7 Å². The van der Waals surface area contributed by atoms with Crippen LogP contribution in [0.25, 0.3) is 72.7 Å². The van der Waals surface area contributed by atoms with Gasteiger partial charge < -0.3 is 0 Å². The summed E-state index contributed by atoms with van der Waals surface area (Å²) in [6.07, 6.45) is 0. The van der Waals surface area contributed by atoms with Crippen molar-refractivity contribution >= 4 is 95.3 Å². The first-order valence-electron chi connectivity index (χ1n) is 12.2. The number of thiophene rings is 2. The van der Waals surface area contributed by atoms with E-state index in [0.717, 1.165) is 0 Å². The van der Waals surface area contributed by atoms with Crippen LogP contribution in [-0.4, -0.2) is 0 Å². The van der Waals surface area contributed by atoms with Gasteiger partial charge in [-0.25, -0.2) is 0 Å². The zero-order valence-electron chi connectivity index (χ0n) is 19.6. The van der Waals surface area contributed by atoms with Gasteiger partial charge in [0.15, 0.2) is 0 Å². The Morgan fingerprint density at radius 2 is 0.914 bits per heavy atom. The highest BCUT2D eigenvalue weighted by molar-refractivity contribution is 7.36. The fraction of sp³-hybridized carbons (Fsp3) is 0.0909. The Labute approximate surface area is 211 Å². The summed E-state index contributed by atoms with van der Waals surface area (Å²) in [6.45, 7) is 4.53. The highest BCUT2D eigenvalue weighted by atomic mass is 32.1. The van der Waals surface area contributed by atoms with E-state index in [2.05, 4.69) is 105 Å². The summed E-state index contributed by atoms with van der Waals surface area (Å²) >= 11 is 3.89. The van der Waals surface area contributed by atoms with Crippen molar-refractivity contribution in [1.82, 2.24) is 0 Å². The standard InChI is InChI=1S/C33H22S2/c1-18(2)19-7-8-22-12-25-15-29-31(17-27(25)13-23(22)9-19)35-32-28-14-24-10-20-5-3-4-6-21(20)11-26(24)16-30(28)34-33(29)32/h3-18H,1-2H3. The molecule has 8 rings (SSSR count). The van der Waals surface area contributed by atoms with Gasteiger partial charge in [0.25, 0.3) is 0 Å². The molecule has 2 aromatic heterocycles. The maximum atomic E-state index is 2.42. The van der Waals surface area contributed by atoms with Crippen LogP contribution in [-0.2, 0) is 0 Å². The van der Waals surface area contributed by atoms with Crippen molar-refractivity contribution in [2.45, 2.75) is 19.8 Å². The Balaban J connectivity index is 1.40. The van der Waals surface area contributed by atoms with Gasteiger partial charge in [-0.15, -0.1) is 22.7 Å². The topological polar surface area (TPSA) is 0 Å². The molecule has 0 aliphatic heterocycles. The van der Waals surface area contributed by atoms with Crippen molar-refractivity contribution in [3.8, 4) is 0 Å². The Kier molecular flexibility index (Phi) is 3.98. The maximum absolute atomic E-state index is 2.42. The van der Waals surface area contributed by atoms with Gasteiger partial charge in [0.2, 0.25) is 0 Å². The predicted octanol–water partition coefficient (Wildman–Crippen LogP) is 11.0. The number of hydrogen-bond donors (Lipinski definition) is 0. The lowest BCUT2D eigenvalue weighted by Crippen LogP contribution is -1.86. The van der Waals surface area contributed by atoms with Crippen LogP contribution < -0.4 is 0 Å². The van der Waals surface area contributed by atoms with Crippen molar-refractivity contribution in [1.29, 1.82) is 0 Å². The van der Waals surface area contributed by atoms with Crippen LogP contribution >= 0.6 is 22.7 Å². The zero-order valence-corrected chi connectivity index (χ0v) is 21.2. The second-order valence-electron chi connectivity index (χ2n) is 10.1. The molecular formula is C33H22S2. The first-order chi connectivity index (χ1) is 17.1. The molecular weight excluding hydrogens is 460 g/mol. The summed E-state index contributed by atoms with van der Waals surface area (Å²) in [6, 6.07) is 34.6. The average Bonchev–Trinajstić information content (AvgIpc) is 3.38. The molecule has 0 radical (unpaired) electrons. The highest BCUT2D eigenvalue weighted by Crippen LogP contribution is 2.46. The van der Waals surface area contributed by atoms with Crippen molar-refractivity contribution in [3.05, 3.63) is 96.6 Å². The molecule has 2 heteroatoms. The normalized spacial score (nSPS) is 12.5. The Morgan fingerprint density at radius 1 is 0.457 bits per heavy atom. The van der Waals surface area contributed by atoms with E-state index in [1.54, 1.807) is 0 Å². The minimum absolute atomic E-state index is 0.545. The Hall–Kier alpha value is -3.46. The lowest BCUT2D eigenvalue weighted by Gasteiger charge is -2.08. The second kappa shape index (κ2) is 7.04. The number of hydrogen-bond acceptors (Lipinski definition) is 2. The molecule has 2 heterocycles. The van der Waals surface area contributed by atoms with Crippen LogP contribution in [0.4, 0.5) is 0 Å². The molecule has 0 aliphatic carbocycles. The van der Waals surface area contributed by atoms with Crippen molar-refractivity contribution < 1.29 is 0 Å². The summed E-state index contributed by atoms with van der Waals surface area (Å²) in [5, 5.41) is 13.4. The first kappa shape index (κ1) is 19.8. The summed E-state index contributed by atoms with van der Waals surface area (Å²) < 4.78 is 5.63. The van der Waals surface area contributed by atoms with Crippen LogP contribution in [0.5, 0.6) is 0 Å². The fourth-order valence-electron chi connectivity index (χ4n) is 5.57. The van der Waals surface area contributed by atoms with Gasteiger partial charge >= 0.3 is 0 Å². The minimum Gasteiger partial charge on any atom is -0.134 e. The van der Waals surface area contributed by atoms with Gasteiger partial charge in [-0.05, 0) is 103 Å². The van der Waals surface area contributed by atoms with E-state index in [9.17, 15) is 0 Å². The third kappa shape index (κ3) is 2.90. The third-order valence-electron chi connectivity index (χ3n) is 7.51. The number of fused-ring (bicyclic) bond motifs is 9. The molecule has 0 bridgehead atoms. The molecule has 0 atom stereocenters. The van der Waals surface area contributed by atoms with Crippen molar-refractivity contribution in [3.63, 3.8) is 0 Å². The SMILES string of the molecule is CC(C)c1ccc2cc3cc4c(cc3cc2c1)sc1c2cc3cc5ccccc5cc3cc2sc41. The summed E-state index contributed by atoms with van der Waals surface area (Å²) in [5.41, 5.74) is 1.40. The van der Waals surface area contributed by atoms with Gasteiger partial charge in [0.1, 0.15) is 0 Å². The van der Waals surface area contributed by atoms with Crippen LogP contribution in [0.3, 0.4) is 0 Å². The lowest BCUT2D eigenvalue weighted by atomic mass is 9.97. The molecule has 8 aromatic rings. The van der Waals surface area contributed by atoms with E-state index >= 15 is 0 Å². The molecule has 6 aromatic carbocycles. The molecule has 0 unspecified atom stereocenters. The number of rotatable bonds is 1. The second-order valence-corrected chi connectivity index (χ2v) is 12.2. The van der Waals surface area contributed by atoms with Crippen LogP contribution in [0, 0.1) is 0 Å². The molecule has 0 fully saturated rings. The molecule has 0 spiro atoms. The van der Waals surface area contributed by atoms with E-state index in [0.29, 0.717) is 5.92 Å². The van der Waals surface area contributed by atoms with E-state index in [1.165, 1.54) is 78.2 Å². The lowest BCUT2D eigenvalue weighted by molar-refractivity contribution is 0.869. The smallest absolute Gasteiger partial charge is 0.0542 e. The van der Waals surface area contributed by atoms with Crippen LogP contribution in [0.1, 0.15) is 25.3 Å². The van der Waals surface area contributed by atoms with Crippen LogP contribution in [0.15, 0.2) is 91.0 Å². The maximum Gasteiger partial charge on any atom is 0.0542 e. The molecule has 0 amide bonds. The minimum atomic E-state index is 0.545. The number of benzene rings is 6. The summed E-state index contributed by atoms with van der Waals surface area (Å²) in [5.74, 6) is 0.545. The van der Waals surface area contributed by atoms with Gasteiger partial charge in [-0.2, -0.15) is 0 Å². The van der Waals surface area contributed by atoms with Gasteiger partial charge in [0, 0.05) is 20.2 Å². The molecule has 0 aliphatic rings. The van der Waals surface area contributed by atoms with Crippen molar-refractivity contribution in [2.75, 3.05) is 0 Å². The van der Waals surface area contributed by atoms with Gasteiger partial charge in [-0.3, -0.25) is 0 Å². The Bertz CT molecular complexity index is 2140. The van der Waals surface area contributed by atoms with E-state index in [4.69, 9.17) is 0 Å². The molecule has 0 saturated carbocycles. The molecule has 166 valence electrons. The summed E-state index contributed by atoms with van der Waals surface area (Å²) in [4.78, 5) is 0. The fourth-order valence-corrected chi connectivity index (χ4v) is 8.26. The zero-order chi connectivity index (χ0) is 23.3. The molecule has 0 nitrogen and oxygen atoms in total. The third-order valence-corrected chi connectivity index (χ3v) is 10.0. The van der Waals surface area contributed by atoms with E-state index < -0.39 is 0 Å². The molecule has 0 saturated heterocycles. The largest absolute Gasteiger partial charge is 0.134 e. The predicted molar refractivity (Wildman–Crippen MR) is 159 cm³/mol. The molecule has 0 N–H and O–H groups in total.